The number of nitrogens with one attached hydrogen (secondary N) is 1. The van der Waals surface area contributed by atoms with E-state index in [0.29, 0.717) is 6.54 Å². The predicted octanol–water partition coefficient (Wildman–Crippen LogP) is 2.79. The van der Waals surface area contributed by atoms with Gasteiger partial charge in [-0.1, -0.05) is 12.5 Å². The normalized spacial score (nSPS) is 19.5. The minimum atomic E-state index is -3.69. The molecule has 0 spiro atoms. The lowest BCUT2D eigenvalue weighted by molar-refractivity contribution is 0.268. The van der Waals surface area contributed by atoms with Gasteiger partial charge in [-0.15, -0.1) is 11.3 Å². The summed E-state index contributed by atoms with van der Waals surface area (Å²) in [5, 5.41) is 1.88. The number of thiophene rings is 1. The number of hydrogen-bond donors (Lipinski definition) is 1. The van der Waals surface area contributed by atoms with E-state index in [1.165, 1.54) is 39.9 Å². The maximum absolute atomic E-state index is 12.8. The number of rotatable bonds is 6. The van der Waals surface area contributed by atoms with Crippen LogP contribution in [0.3, 0.4) is 0 Å². The molecule has 2 aromatic rings. The number of benzene rings is 1. The van der Waals surface area contributed by atoms with Crippen molar-refractivity contribution in [1.29, 1.82) is 0 Å². The van der Waals surface area contributed by atoms with E-state index in [2.05, 4.69) is 4.72 Å². The smallest absolute Gasteiger partial charge is 0.207 e. The molecule has 1 fully saturated rings. The molecule has 142 valence electrons. The molecule has 3 rings (SSSR count). The molecule has 1 aromatic carbocycles. The summed E-state index contributed by atoms with van der Waals surface area (Å²) >= 11 is 1.47. The second kappa shape index (κ2) is 7.77. The molecule has 0 bridgehead atoms. The fourth-order valence-corrected chi connectivity index (χ4v) is 6.46. The van der Waals surface area contributed by atoms with Gasteiger partial charge in [-0.2, -0.15) is 4.31 Å². The average molecular weight is 415 g/mol. The van der Waals surface area contributed by atoms with E-state index in [-0.39, 0.29) is 22.4 Å². The van der Waals surface area contributed by atoms with Crippen molar-refractivity contribution in [2.24, 2.45) is 0 Å². The highest BCUT2D eigenvalue weighted by molar-refractivity contribution is 7.89. The molecule has 0 amide bonds. The summed E-state index contributed by atoms with van der Waals surface area (Å²) in [5.41, 5.74) is 0. The van der Waals surface area contributed by atoms with Crippen LogP contribution in [-0.4, -0.2) is 33.7 Å². The Kier molecular flexibility index (Phi) is 5.83. The third kappa shape index (κ3) is 4.17. The van der Waals surface area contributed by atoms with Gasteiger partial charge in [0.15, 0.2) is 0 Å². The maximum Gasteiger partial charge on any atom is 0.243 e. The van der Waals surface area contributed by atoms with Crippen LogP contribution < -0.4 is 4.72 Å². The molecule has 26 heavy (non-hydrogen) atoms. The fraction of sp³-hybridized carbons (Fsp3) is 0.412. The first-order valence-corrected chi connectivity index (χ1v) is 12.2. The highest BCUT2D eigenvalue weighted by atomic mass is 32.2. The summed E-state index contributed by atoms with van der Waals surface area (Å²) in [6.45, 7) is 2.63. The lowest BCUT2D eigenvalue weighted by atomic mass is 10.1. The zero-order valence-corrected chi connectivity index (χ0v) is 16.9. The van der Waals surface area contributed by atoms with E-state index in [1.807, 2.05) is 24.4 Å². The summed E-state index contributed by atoms with van der Waals surface area (Å²) in [5.74, 6) is 0. The number of nitrogens with zero attached hydrogens (tertiary/aromatic N) is 1. The van der Waals surface area contributed by atoms with Crippen molar-refractivity contribution in [2.45, 2.75) is 48.6 Å². The van der Waals surface area contributed by atoms with Gasteiger partial charge in [-0.05, 0) is 55.5 Å². The van der Waals surface area contributed by atoms with E-state index in [1.54, 1.807) is 0 Å². The molecule has 1 aliphatic heterocycles. The predicted molar refractivity (Wildman–Crippen MR) is 102 cm³/mol. The van der Waals surface area contributed by atoms with Gasteiger partial charge in [-0.3, -0.25) is 0 Å². The van der Waals surface area contributed by atoms with E-state index in [0.717, 1.165) is 24.1 Å². The highest BCUT2D eigenvalue weighted by Gasteiger charge is 2.31. The first kappa shape index (κ1) is 19.5. The summed E-state index contributed by atoms with van der Waals surface area (Å²) in [6, 6.07) is 9.10. The standard InChI is InChI=1S/C17H22N2O4S3/c1-14-5-2-3-11-19(14)26(22,23)17-9-7-16(8-10-17)25(20,21)18-13-15-6-4-12-24-15/h4,6-10,12,14,18H,2-3,5,11,13H2,1H3. The Bertz CT molecular complexity index is 936. The fourth-order valence-electron chi connectivity index (χ4n) is 3.02. The first-order chi connectivity index (χ1) is 12.3. The second-order valence-electron chi connectivity index (χ2n) is 6.34. The van der Waals surface area contributed by atoms with Crippen molar-refractivity contribution in [2.75, 3.05) is 6.54 Å². The van der Waals surface area contributed by atoms with Crippen LogP contribution in [0, 0.1) is 0 Å². The van der Waals surface area contributed by atoms with Crippen molar-refractivity contribution in [3.05, 3.63) is 46.7 Å². The van der Waals surface area contributed by atoms with Crippen molar-refractivity contribution in [3.63, 3.8) is 0 Å². The molecule has 0 radical (unpaired) electrons. The van der Waals surface area contributed by atoms with Crippen LogP contribution in [0.25, 0.3) is 0 Å². The van der Waals surface area contributed by atoms with E-state index in [4.69, 9.17) is 0 Å². The molecule has 6 nitrogen and oxygen atoms in total. The Morgan fingerprint density at radius 2 is 1.77 bits per heavy atom. The van der Waals surface area contributed by atoms with Crippen LogP contribution >= 0.6 is 11.3 Å². The Morgan fingerprint density at radius 1 is 1.08 bits per heavy atom. The van der Waals surface area contributed by atoms with Gasteiger partial charge in [0.05, 0.1) is 9.79 Å². The van der Waals surface area contributed by atoms with Gasteiger partial charge in [0.1, 0.15) is 0 Å². The summed E-state index contributed by atoms with van der Waals surface area (Å²) in [7, 11) is -7.29. The minimum absolute atomic E-state index is 0.0374. The Morgan fingerprint density at radius 3 is 2.38 bits per heavy atom. The SMILES string of the molecule is CC1CCCCN1S(=O)(=O)c1ccc(S(=O)(=O)NCc2cccs2)cc1. The molecule has 9 heteroatoms. The lowest BCUT2D eigenvalue weighted by Crippen LogP contribution is -2.41. The van der Waals surface area contributed by atoms with Crippen molar-refractivity contribution >= 4 is 31.4 Å². The molecule has 1 unspecified atom stereocenters. The second-order valence-corrected chi connectivity index (χ2v) is 11.0. The number of piperidine rings is 1. The van der Waals surface area contributed by atoms with Crippen LogP contribution in [0.4, 0.5) is 0 Å². The number of hydrogen-bond acceptors (Lipinski definition) is 5. The van der Waals surface area contributed by atoms with E-state index < -0.39 is 20.0 Å². The highest BCUT2D eigenvalue weighted by Crippen LogP contribution is 2.25. The lowest BCUT2D eigenvalue weighted by Gasteiger charge is -2.32. The van der Waals surface area contributed by atoms with Crippen molar-refractivity contribution < 1.29 is 16.8 Å². The zero-order chi connectivity index (χ0) is 18.8. The van der Waals surface area contributed by atoms with Gasteiger partial charge in [0, 0.05) is 24.0 Å². The summed E-state index contributed by atoms with van der Waals surface area (Å²) < 4.78 is 54.4. The monoisotopic (exact) mass is 414 g/mol. The number of sulfonamides is 2. The molecule has 1 saturated heterocycles. The Labute approximate surface area is 159 Å². The van der Waals surface area contributed by atoms with Crippen LogP contribution in [0.2, 0.25) is 0 Å². The van der Waals surface area contributed by atoms with E-state index >= 15 is 0 Å². The minimum Gasteiger partial charge on any atom is -0.207 e. The molecule has 0 saturated carbocycles. The van der Waals surface area contributed by atoms with E-state index in [9.17, 15) is 16.8 Å². The first-order valence-electron chi connectivity index (χ1n) is 8.45. The van der Waals surface area contributed by atoms with Gasteiger partial charge in [0.2, 0.25) is 20.0 Å². The molecule has 1 aliphatic rings. The van der Waals surface area contributed by atoms with Gasteiger partial charge < -0.3 is 0 Å². The molecule has 1 atom stereocenters. The quantitative estimate of drug-likeness (QED) is 0.788. The topological polar surface area (TPSA) is 83.6 Å². The third-order valence-corrected chi connectivity index (χ3v) is 8.82. The van der Waals surface area contributed by atoms with Crippen molar-refractivity contribution in [1.82, 2.24) is 9.03 Å². The summed E-state index contributed by atoms with van der Waals surface area (Å²) in [4.78, 5) is 1.09. The van der Waals surface area contributed by atoms with Crippen LogP contribution in [-0.2, 0) is 26.6 Å². The van der Waals surface area contributed by atoms with Gasteiger partial charge >= 0.3 is 0 Å². The van der Waals surface area contributed by atoms with Crippen molar-refractivity contribution in [3.8, 4) is 0 Å². The third-order valence-electron chi connectivity index (χ3n) is 4.50. The van der Waals surface area contributed by atoms with Crippen LogP contribution in [0.1, 0.15) is 31.1 Å². The zero-order valence-electron chi connectivity index (χ0n) is 14.5. The molecule has 2 heterocycles. The Hall–Kier alpha value is -1.26. The largest absolute Gasteiger partial charge is 0.243 e. The molecular formula is C17H22N2O4S3. The molecule has 0 aliphatic carbocycles. The Balaban J connectivity index is 1.77. The van der Waals surface area contributed by atoms with Gasteiger partial charge in [-0.25, -0.2) is 21.6 Å². The van der Waals surface area contributed by atoms with Crippen LogP contribution in [0.5, 0.6) is 0 Å². The average Bonchev–Trinajstić information content (AvgIpc) is 3.14. The van der Waals surface area contributed by atoms with Gasteiger partial charge in [0.25, 0.3) is 0 Å². The van der Waals surface area contributed by atoms with Crippen LogP contribution in [0.15, 0.2) is 51.6 Å². The summed E-state index contributed by atoms with van der Waals surface area (Å²) in [6.07, 6.45) is 2.72. The molecule has 1 aromatic heterocycles. The molecule has 1 N–H and O–H groups in total. The maximum atomic E-state index is 12.8. The molecular weight excluding hydrogens is 392 g/mol.